The van der Waals surface area contributed by atoms with E-state index in [4.69, 9.17) is 0 Å². The fourth-order valence-electron chi connectivity index (χ4n) is 4.69. The van der Waals surface area contributed by atoms with Gasteiger partial charge in [-0.3, -0.25) is 0 Å². The van der Waals surface area contributed by atoms with E-state index in [0.29, 0.717) is 3.63 Å². The average Bonchev–Trinajstić information content (AvgIpc) is 3.41. The van der Waals surface area contributed by atoms with E-state index in [0.717, 1.165) is 6.42 Å². The molecule has 0 amide bonds. The molecule has 0 spiro atoms. The van der Waals surface area contributed by atoms with Gasteiger partial charge < -0.3 is 0 Å². The molecule has 0 fully saturated rings. The molecule has 0 N–H and O–H groups in total. The first kappa shape index (κ1) is 18.6. The van der Waals surface area contributed by atoms with Gasteiger partial charge in [0.2, 0.25) is 0 Å². The number of fused-ring (bicyclic) bond motifs is 1. The predicted octanol–water partition coefficient (Wildman–Crippen LogP) is 6.88. The van der Waals surface area contributed by atoms with Crippen molar-refractivity contribution in [3.63, 3.8) is 0 Å². The van der Waals surface area contributed by atoms with Crippen LogP contribution in [-0.2, 0) is 21.3 Å². The van der Waals surface area contributed by atoms with Gasteiger partial charge in [0, 0.05) is 0 Å². The van der Waals surface area contributed by atoms with Gasteiger partial charge >= 0.3 is 182 Å². The molecule has 0 radical (unpaired) electrons. The van der Waals surface area contributed by atoms with Crippen molar-refractivity contribution >= 4 is 9.28 Å². The van der Waals surface area contributed by atoms with E-state index in [2.05, 4.69) is 116 Å². The first-order valence-corrected chi connectivity index (χ1v) is 14.2. The molecule has 5 rings (SSSR count). The SMILES string of the molecule is CC1=Cc2ccccc2[CH]1[Zr]([C]1=CC=CC1)=[C](c1ccccc1)c1ccccc1. The molecule has 2 aliphatic rings. The van der Waals surface area contributed by atoms with Crippen LogP contribution in [0.15, 0.2) is 112 Å². The monoisotopic (exact) mass is 450 g/mol. The summed E-state index contributed by atoms with van der Waals surface area (Å²) in [6, 6.07) is 31.3. The molecule has 0 aromatic heterocycles. The van der Waals surface area contributed by atoms with E-state index in [-0.39, 0.29) is 0 Å². The third-order valence-electron chi connectivity index (χ3n) is 5.95. The van der Waals surface area contributed by atoms with Crippen LogP contribution in [0.3, 0.4) is 0 Å². The van der Waals surface area contributed by atoms with Crippen molar-refractivity contribution in [1.29, 1.82) is 0 Å². The summed E-state index contributed by atoms with van der Waals surface area (Å²) in [5, 5.41) is 0. The minimum absolute atomic E-state index is 0.565. The van der Waals surface area contributed by atoms with Crippen LogP contribution in [0.4, 0.5) is 0 Å². The second kappa shape index (κ2) is 8.17. The number of benzene rings is 3. The molecule has 140 valence electrons. The molecule has 0 aliphatic heterocycles. The summed E-state index contributed by atoms with van der Waals surface area (Å²) in [4.78, 5) is 0. The summed E-state index contributed by atoms with van der Waals surface area (Å²) in [7, 11) is 0. The van der Waals surface area contributed by atoms with Crippen molar-refractivity contribution in [2.24, 2.45) is 0 Å². The van der Waals surface area contributed by atoms with E-state index in [1.807, 2.05) is 0 Å². The van der Waals surface area contributed by atoms with Crippen LogP contribution < -0.4 is 0 Å². The van der Waals surface area contributed by atoms with Gasteiger partial charge in [0.15, 0.2) is 0 Å². The maximum atomic E-state index is 2.43. The molecule has 1 heteroatoms. The summed E-state index contributed by atoms with van der Waals surface area (Å²) >= 11 is -2.33. The van der Waals surface area contributed by atoms with Gasteiger partial charge in [-0.05, 0) is 0 Å². The van der Waals surface area contributed by atoms with Gasteiger partial charge in [0.25, 0.3) is 0 Å². The second-order valence-corrected chi connectivity index (χ2v) is 14.1. The number of hydrogen-bond acceptors (Lipinski definition) is 0. The molecular formula is C28H24Zr. The van der Waals surface area contributed by atoms with Crippen molar-refractivity contribution in [3.05, 3.63) is 134 Å². The van der Waals surface area contributed by atoms with Gasteiger partial charge in [0.05, 0.1) is 0 Å². The van der Waals surface area contributed by atoms with Crippen molar-refractivity contribution in [2.45, 2.75) is 17.0 Å². The third-order valence-corrected chi connectivity index (χ3v) is 14.6. The van der Waals surface area contributed by atoms with Crippen LogP contribution in [-0.4, -0.2) is 3.21 Å². The topological polar surface area (TPSA) is 0 Å². The molecule has 0 nitrogen and oxygen atoms in total. The van der Waals surface area contributed by atoms with Crippen LogP contribution in [0.1, 0.15) is 39.2 Å². The van der Waals surface area contributed by atoms with E-state index in [9.17, 15) is 0 Å². The van der Waals surface area contributed by atoms with Crippen LogP contribution in [0.25, 0.3) is 6.08 Å². The summed E-state index contributed by atoms with van der Waals surface area (Å²) in [5.41, 5.74) is 7.30. The van der Waals surface area contributed by atoms with E-state index >= 15 is 0 Å². The van der Waals surface area contributed by atoms with Crippen molar-refractivity contribution in [2.75, 3.05) is 0 Å². The number of rotatable bonds is 4. The zero-order chi connectivity index (χ0) is 19.6. The first-order chi connectivity index (χ1) is 14.3. The van der Waals surface area contributed by atoms with Crippen LogP contribution in [0.5, 0.6) is 0 Å². The van der Waals surface area contributed by atoms with Crippen molar-refractivity contribution < 1.29 is 21.3 Å². The predicted molar refractivity (Wildman–Crippen MR) is 121 cm³/mol. The van der Waals surface area contributed by atoms with Gasteiger partial charge in [-0.1, -0.05) is 0 Å². The molecule has 1 atom stereocenters. The zero-order valence-electron chi connectivity index (χ0n) is 16.7. The van der Waals surface area contributed by atoms with Crippen LogP contribution in [0.2, 0.25) is 0 Å². The van der Waals surface area contributed by atoms with Crippen molar-refractivity contribution in [3.8, 4) is 0 Å². The zero-order valence-corrected chi connectivity index (χ0v) is 19.1. The molecule has 3 aromatic carbocycles. The first-order valence-electron chi connectivity index (χ1n) is 10.3. The normalized spacial score (nSPS) is 16.9. The fraction of sp³-hybridized carbons (Fsp3) is 0.107. The Kier molecular flexibility index (Phi) is 5.25. The van der Waals surface area contributed by atoms with Gasteiger partial charge in [-0.25, -0.2) is 0 Å². The fourth-order valence-corrected chi connectivity index (χ4v) is 13.7. The number of hydrogen-bond donors (Lipinski definition) is 0. The average molecular weight is 452 g/mol. The molecule has 29 heavy (non-hydrogen) atoms. The molecule has 0 bridgehead atoms. The Morgan fingerprint density at radius 2 is 1.41 bits per heavy atom. The van der Waals surface area contributed by atoms with Gasteiger partial charge in [0.1, 0.15) is 0 Å². The molecule has 2 aliphatic carbocycles. The van der Waals surface area contributed by atoms with Crippen LogP contribution >= 0.6 is 0 Å². The Hall–Kier alpha value is -2.37. The summed E-state index contributed by atoms with van der Waals surface area (Å²) in [6.07, 6.45) is 10.6. The Morgan fingerprint density at radius 3 is 2.03 bits per heavy atom. The molecule has 0 saturated heterocycles. The number of allylic oxidation sites excluding steroid dienone is 5. The van der Waals surface area contributed by atoms with E-state index < -0.39 is 21.3 Å². The van der Waals surface area contributed by atoms with E-state index in [1.165, 1.54) is 27.8 Å². The molecule has 3 aromatic rings. The molecule has 1 unspecified atom stereocenters. The Labute approximate surface area is 181 Å². The quantitative estimate of drug-likeness (QED) is 0.406. The third kappa shape index (κ3) is 3.54. The summed E-state index contributed by atoms with van der Waals surface area (Å²) < 4.78 is 3.89. The van der Waals surface area contributed by atoms with Crippen LogP contribution in [0, 0.1) is 0 Å². The Morgan fingerprint density at radius 1 is 0.793 bits per heavy atom. The maximum absolute atomic E-state index is 2.43. The molecule has 0 heterocycles. The van der Waals surface area contributed by atoms with Gasteiger partial charge in [-0.2, -0.15) is 0 Å². The Bertz CT molecular complexity index is 1120. The van der Waals surface area contributed by atoms with Gasteiger partial charge in [-0.15, -0.1) is 0 Å². The summed E-state index contributed by atoms with van der Waals surface area (Å²) in [5.74, 6) is 0. The summed E-state index contributed by atoms with van der Waals surface area (Å²) in [6.45, 7) is 2.35. The van der Waals surface area contributed by atoms with E-state index in [1.54, 1.807) is 6.49 Å². The van der Waals surface area contributed by atoms with Crippen molar-refractivity contribution in [1.82, 2.24) is 0 Å². The second-order valence-electron chi connectivity index (χ2n) is 7.80. The molecular weight excluding hydrogens is 428 g/mol. The minimum atomic E-state index is -2.33. The molecule has 0 saturated carbocycles. The standard InChI is InChI=1S/C13H10.C10H9.C5H5.Zr/c1-3-7-12(8-4-1)11-13-9-5-2-6-10-13;1-8-6-9-4-2-3-5-10(9)7-8;1-2-4-5-3-1;/h1-10H;2-7H,1H3;1-3H,4H2;. The Balaban J connectivity index is 1.83.